The number of rotatable bonds is 4. The molecule has 5 nitrogen and oxygen atoms in total. The predicted molar refractivity (Wildman–Crippen MR) is 78.7 cm³/mol. The molecule has 0 unspecified atom stereocenters. The van der Waals surface area contributed by atoms with Gasteiger partial charge in [-0.15, -0.1) is 0 Å². The van der Waals surface area contributed by atoms with E-state index >= 15 is 0 Å². The number of benzene rings is 2. The molecule has 0 saturated carbocycles. The standard InChI is InChI=1S/C16H14FNO4/c1-21-12-5-3-4-10(8-12)15(19)18-14-9-11(16(20)22-2)6-7-13(14)17/h3-9H,1-2H3,(H,18,19). The van der Waals surface area contributed by atoms with E-state index in [9.17, 15) is 14.0 Å². The molecule has 0 spiro atoms. The largest absolute Gasteiger partial charge is 0.497 e. The van der Waals surface area contributed by atoms with Gasteiger partial charge in [0.05, 0.1) is 25.5 Å². The molecular formula is C16H14FNO4. The summed E-state index contributed by atoms with van der Waals surface area (Å²) < 4.78 is 23.4. The number of carbonyl (C=O) groups excluding carboxylic acids is 2. The molecule has 2 aromatic carbocycles. The van der Waals surface area contributed by atoms with Crippen LogP contribution in [0, 0.1) is 5.82 Å². The highest BCUT2D eigenvalue weighted by Crippen LogP contribution is 2.19. The second kappa shape index (κ2) is 6.71. The van der Waals surface area contributed by atoms with Crippen LogP contribution in [0.2, 0.25) is 0 Å². The summed E-state index contributed by atoms with van der Waals surface area (Å²) in [6, 6.07) is 10.0. The smallest absolute Gasteiger partial charge is 0.337 e. The lowest BCUT2D eigenvalue weighted by Crippen LogP contribution is -2.14. The molecule has 0 saturated heterocycles. The Bertz CT molecular complexity index is 715. The van der Waals surface area contributed by atoms with Crippen molar-refractivity contribution in [3.63, 3.8) is 0 Å². The van der Waals surface area contributed by atoms with E-state index in [1.807, 2.05) is 0 Å². The van der Waals surface area contributed by atoms with Crippen molar-refractivity contribution in [3.05, 3.63) is 59.4 Å². The Balaban J connectivity index is 2.25. The van der Waals surface area contributed by atoms with Crippen LogP contribution in [0.4, 0.5) is 10.1 Å². The molecule has 2 rings (SSSR count). The lowest BCUT2D eigenvalue weighted by atomic mass is 10.1. The minimum absolute atomic E-state index is 0.101. The average molecular weight is 303 g/mol. The van der Waals surface area contributed by atoms with Crippen molar-refractivity contribution >= 4 is 17.6 Å². The van der Waals surface area contributed by atoms with E-state index in [4.69, 9.17) is 4.74 Å². The average Bonchev–Trinajstić information content (AvgIpc) is 2.56. The zero-order valence-electron chi connectivity index (χ0n) is 12.1. The fraction of sp³-hybridized carbons (Fsp3) is 0.125. The Morgan fingerprint density at radius 2 is 1.82 bits per heavy atom. The van der Waals surface area contributed by atoms with Gasteiger partial charge in [0, 0.05) is 5.56 Å². The van der Waals surface area contributed by atoms with Gasteiger partial charge in [-0.3, -0.25) is 4.79 Å². The second-order valence-electron chi connectivity index (χ2n) is 4.37. The number of halogens is 1. The highest BCUT2D eigenvalue weighted by Gasteiger charge is 2.13. The molecule has 22 heavy (non-hydrogen) atoms. The Kier molecular flexibility index (Phi) is 4.73. The van der Waals surface area contributed by atoms with E-state index < -0.39 is 17.7 Å². The van der Waals surface area contributed by atoms with Crippen LogP contribution < -0.4 is 10.1 Å². The van der Waals surface area contributed by atoms with Gasteiger partial charge in [-0.25, -0.2) is 9.18 Å². The van der Waals surface area contributed by atoms with Crippen molar-refractivity contribution in [1.29, 1.82) is 0 Å². The Hall–Kier alpha value is -2.89. The number of ether oxygens (including phenoxy) is 2. The summed E-state index contributed by atoms with van der Waals surface area (Å²) in [6.07, 6.45) is 0. The van der Waals surface area contributed by atoms with Crippen molar-refractivity contribution in [3.8, 4) is 5.75 Å². The van der Waals surface area contributed by atoms with Crippen molar-refractivity contribution in [2.45, 2.75) is 0 Å². The molecule has 0 aliphatic rings. The van der Waals surface area contributed by atoms with Crippen molar-refractivity contribution in [1.82, 2.24) is 0 Å². The summed E-state index contributed by atoms with van der Waals surface area (Å²) >= 11 is 0. The zero-order chi connectivity index (χ0) is 16.1. The predicted octanol–water partition coefficient (Wildman–Crippen LogP) is 2.87. The van der Waals surface area contributed by atoms with E-state index in [0.717, 1.165) is 6.07 Å². The fourth-order valence-electron chi connectivity index (χ4n) is 1.82. The van der Waals surface area contributed by atoms with Gasteiger partial charge in [-0.05, 0) is 36.4 Å². The van der Waals surface area contributed by atoms with Crippen LogP contribution in [0.1, 0.15) is 20.7 Å². The molecule has 0 aliphatic carbocycles. The molecule has 1 amide bonds. The molecule has 1 N–H and O–H groups in total. The maximum Gasteiger partial charge on any atom is 0.337 e. The van der Waals surface area contributed by atoms with Gasteiger partial charge in [-0.1, -0.05) is 6.07 Å². The second-order valence-corrected chi connectivity index (χ2v) is 4.37. The van der Waals surface area contributed by atoms with E-state index in [1.165, 1.54) is 32.4 Å². The van der Waals surface area contributed by atoms with Crippen LogP contribution >= 0.6 is 0 Å². The number of nitrogens with one attached hydrogen (secondary N) is 1. The minimum atomic E-state index is -0.649. The molecule has 0 radical (unpaired) electrons. The molecule has 0 fully saturated rings. The third kappa shape index (κ3) is 3.41. The molecule has 2 aromatic rings. The lowest BCUT2D eigenvalue weighted by Gasteiger charge is -2.09. The monoisotopic (exact) mass is 303 g/mol. The first-order valence-electron chi connectivity index (χ1n) is 6.38. The van der Waals surface area contributed by atoms with Crippen LogP contribution in [0.5, 0.6) is 5.75 Å². The third-order valence-corrected chi connectivity index (χ3v) is 2.97. The van der Waals surface area contributed by atoms with Crippen LogP contribution in [0.3, 0.4) is 0 Å². The van der Waals surface area contributed by atoms with Crippen molar-refractivity contribution in [2.75, 3.05) is 19.5 Å². The molecule has 0 aliphatic heterocycles. The number of hydrogen-bond acceptors (Lipinski definition) is 4. The van der Waals surface area contributed by atoms with Gasteiger partial charge in [0.1, 0.15) is 11.6 Å². The van der Waals surface area contributed by atoms with Gasteiger partial charge < -0.3 is 14.8 Å². The summed E-state index contributed by atoms with van der Waals surface area (Å²) in [5, 5.41) is 2.42. The summed E-state index contributed by atoms with van der Waals surface area (Å²) in [6.45, 7) is 0. The summed E-state index contributed by atoms with van der Waals surface area (Å²) in [4.78, 5) is 23.6. The molecule has 0 aromatic heterocycles. The normalized spacial score (nSPS) is 9.95. The third-order valence-electron chi connectivity index (χ3n) is 2.97. The number of methoxy groups -OCH3 is 2. The highest BCUT2D eigenvalue weighted by atomic mass is 19.1. The first kappa shape index (κ1) is 15.5. The fourth-order valence-corrected chi connectivity index (χ4v) is 1.82. The number of hydrogen-bond donors (Lipinski definition) is 1. The van der Waals surface area contributed by atoms with Gasteiger partial charge in [0.25, 0.3) is 5.91 Å². The quantitative estimate of drug-likeness (QED) is 0.882. The van der Waals surface area contributed by atoms with Gasteiger partial charge in [0.2, 0.25) is 0 Å². The first-order chi connectivity index (χ1) is 10.5. The molecule has 114 valence electrons. The number of esters is 1. The van der Waals surface area contributed by atoms with E-state index in [1.54, 1.807) is 18.2 Å². The molecule has 6 heteroatoms. The van der Waals surface area contributed by atoms with E-state index in [-0.39, 0.29) is 11.3 Å². The highest BCUT2D eigenvalue weighted by molar-refractivity contribution is 6.05. The van der Waals surface area contributed by atoms with Crippen molar-refractivity contribution in [2.24, 2.45) is 0 Å². The number of anilines is 1. The Labute approximate surface area is 126 Å². The van der Waals surface area contributed by atoms with Gasteiger partial charge in [0.15, 0.2) is 0 Å². The van der Waals surface area contributed by atoms with Crippen LogP contribution in [-0.4, -0.2) is 26.1 Å². The topological polar surface area (TPSA) is 64.6 Å². The number of amides is 1. The Morgan fingerprint density at radius 3 is 2.50 bits per heavy atom. The van der Waals surface area contributed by atoms with E-state index in [2.05, 4.69) is 10.1 Å². The molecule has 0 atom stereocenters. The van der Waals surface area contributed by atoms with Gasteiger partial charge >= 0.3 is 5.97 Å². The molecular weight excluding hydrogens is 289 g/mol. The zero-order valence-corrected chi connectivity index (χ0v) is 12.1. The van der Waals surface area contributed by atoms with Gasteiger partial charge in [-0.2, -0.15) is 0 Å². The number of carbonyl (C=O) groups is 2. The first-order valence-corrected chi connectivity index (χ1v) is 6.38. The van der Waals surface area contributed by atoms with E-state index in [0.29, 0.717) is 11.3 Å². The van der Waals surface area contributed by atoms with Crippen LogP contribution in [-0.2, 0) is 4.74 Å². The van der Waals surface area contributed by atoms with Crippen LogP contribution in [0.15, 0.2) is 42.5 Å². The SMILES string of the molecule is COC(=O)c1ccc(F)c(NC(=O)c2cccc(OC)c2)c1. The molecule has 0 bridgehead atoms. The summed E-state index contributed by atoms with van der Waals surface area (Å²) in [7, 11) is 2.71. The summed E-state index contributed by atoms with van der Waals surface area (Å²) in [5.41, 5.74) is 0.350. The minimum Gasteiger partial charge on any atom is -0.497 e. The molecule has 0 heterocycles. The Morgan fingerprint density at radius 1 is 1.05 bits per heavy atom. The lowest BCUT2D eigenvalue weighted by molar-refractivity contribution is 0.0600. The summed E-state index contributed by atoms with van der Waals surface area (Å²) in [5.74, 6) is -1.27. The van der Waals surface area contributed by atoms with Crippen LogP contribution in [0.25, 0.3) is 0 Å². The maximum absolute atomic E-state index is 13.8. The van der Waals surface area contributed by atoms with Crippen molar-refractivity contribution < 1.29 is 23.5 Å². The maximum atomic E-state index is 13.8.